The fraction of sp³-hybridized carbons (Fsp3) is 0.462. The first-order valence-electron chi connectivity index (χ1n) is 5.93. The van der Waals surface area contributed by atoms with Gasteiger partial charge in [-0.25, -0.2) is 0 Å². The molecule has 0 bridgehead atoms. The molecule has 0 aliphatic carbocycles. The number of hydrogen-bond acceptors (Lipinski definition) is 2. The van der Waals surface area contributed by atoms with Crippen LogP contribution < -0.4 is 10.2 Å². The number of benzene rings is 1. The Morgan fingerprint density at radius 2 is 2.24 bits per heavy atom. The lowest BCUT2D eigenvalue weighted by Crippen LogP contribution is -2.41. The summed E-state index contributed by atoms with van der Waals surface area (Å²) in [4.78, 5) is 14.1. The van der Waals surface area contributed by atoms with Gasteiger partial charge in [-0.2, -0.15) is 0 Å². The Morgan fingerprint density at radius 3 is 2.88 bits per heavy atom. The van der Waals surface area contributed by atoms with Crippen molar-refractivity contribution in [1.29, 1.82) is 0 Å². The zero-order valence-corrected chi connectivity index (χ0v) is 11.5. The maximum Gasteiger partial charge on any atom is 0.231 e. The summed E-state index contributed by atoms with van der Waals surface area (Å²) < 4.78 is 0.958. The lowest BCUT2D eigenvalue weighted by Gasteiger charge is -2.27. The van der Waals surface area contributed by atoms with Crippen LogP contribution in [0.25, 0.3) is 0 Å². The predicted molar refractivity (Wildman–Crippen MR) is 73.1 cm³/mol. The molecule has 0 saturated carbocycles. The number of anilines is 1. The summed E-state index contributed by atoms with van der Waals surface area (Å²) in [5.41, 5.74) is 0.933. The quantitative estimate of drug-likeness (QED) is 0.909. The van der Waals surface area contributed by atoms with Crippen LogP contribution in [-0.2, 0) is 4.79 Å². The number of rotatable bonds is 2. The van der Waals surface area contributed by atoms with Crippen LogP contribution in [0.4, 0.5) is 5.69 Å². The monoisotopic (exact) mass is 296 g/mol. The van der Waals surface area contributed by atoms with Gasteiger partial charge in [0, 0.05) is 18.1 Å². The van der Waals surface area contributed by atoms with Crippen LogP contribution in [0.2, 0.25) is 0 Å². The fourth-order valence-corrected chi connectivity index (χ4v) is 2.73. The van der Waals surface area contributed by atoms with Crippen LogP contribution >= 0.6 is 15.9 Å². The van der Waals surface area contributed by atoms with E-state index in [2.05, 4.69) is 21.2 Å². The average Bonchev–Trinajstić information content (AvgIpc) is 2.39. The SMILES string of the molecule is CN(C(=O)C1CCCNC1)c1ccccc1Br. The van der Waals surface area contributed by atoms with Gasteiger partial charge in [-0.15, -0.1) is 0 Å². The van der Waals surface area contributed by atoms with Crippen LogP contribution in [0.5, 0.6) is 0 Å². The molecule has 1 heterocycles. The van der Waals surface area contributed by atoms with E-state index in [-0.39, 0.29) is 11.8 Å². The maximum atomic E-state index is 12.3. The number of nitrogens with zero attached hydrogens (tertiary/aromatic N) is 1. The third-order valence-electron chi connectivity index (χ3n) is 3.19. The topological polar surface area (TPSA) is 32.3 Å². The second-order valence-electron chi connectivity index (χ2n) is 4.39. The summed E-state index contributed by atoms with van der Waals surface area (Å²) in [6.07, 6.45) is 2.07. The highest BCUT2D eigenvalue weighted by molar-refractivity contribution is 9.10. The Morgan fingerprint density at radius 1 is 1.47 bits per heavy atom. The predicted octanol–water partition coefficient (Wildman–Crippen LogP) is 2.41. The molecule has 1 N–H and O–H groups in total. The number of amides is 1. The molecule has 1 aliphatic heterocycles. The lowest BCUT2D eigenvalue weighted by atomic mass is 9.98. The minimum Gasteiger partial charge on any atom is -0.316 e. The van der Waals surface area contributed by atoms with Crippen molar-refractivity contribution < 1.29 is 4.79 Å². The van der Waals surface area contributed by atoms with Crippen molar-refractivity contribution in [2.45, 2.75) is 12.8 Å². The molecule has 1 saturated heterocycles. The molecule has 1 aliphatic rings. The average molecular weight is 297 g/mol. The summed E-state index contributed by atoms with van der Waals surface area (Å²) in [7, 11) is 1.84. The molecule has 1 atom stereocenters. The van der Waals surface area contributed by atoms with Crippen molar-refractivity contribution in [2.24, 2.45) is 5.92 Å². The first-order valence-corrected chi connectivity index (χ1v) is 6.72. The van der Waals surface area contributed by atoms with Gasteiger partial charge in [-0.1, -0.05) is 12.1 Å². The van der Waals surface area contributed by atoms with Crippen molar-refractivity contribution >= 4 is 27.5 Å². The van der Waals surface area contributed by atoms with Gasteiger partial charge in [0.1, 0.15) is 0 Å². The van der Waals surface area contributed by atoms with E-state index >= 15 is 0 Å². The van der Waals surface area contributed by atoms with E-state index in [0.717, 1.165) is 36.1 Å². The Hall–Kier alpha value is -0.870. The Labute approximate surface area is 110 Å². The molecule has 3 nitrogen and oxygen atoms in total. The number of halogens is 1. The van der Waals surface area contributed by atoms with Crippen molar-refractivity contribution in [3.05, 3.63) is 28.7 Å². The molecular formula is C13H17BrN2O. The summed E-state index contributed by atoms with van der Waals surface area (Å²) in [6, 6.07) is 7.81. The first kappa shape index (κ1) is 12.6. The zero-order valence-electron chi connectivity index (χ0n) is 9.95. The third-order valence-corrected chi connectivity index (χ3v) is 3.86. The second-order valence-corrected chi connectivity index (χ2v) is 5.25. The van der Waals surface area contributed by atoms with Gasteiger partial charge in [0.15, 0.2) is 0 Å². The van der Waals surface area contributed by atoms with Gasteiger partial charge in [0.25, 0.3) is 0 Å². The van der Waals surface area contributed by atoms with E-state index in [1.165, 1.54) is 0 Å². The fourth-order valence-electron chi connectivity index (χ4n) is 2.18. The van der Waals surface area contributed by atoms with Crippen LogP contribution in [0.3, 0.4) is 0 Å². The van der Waals surface area contributed by atoms with Crippen molar-refractivity contribution in [3.8, 4) is 0 Å². The molecule has 17 heavy (non-hydrogen) atoms. The van der Waals surface area contributed by atoms with Gasteiger partial charge in [-0.3, -0.25) is 4.79 Å². The van der Waals surface area contributed by atoms with E-state index in [4.69, 9.17) is 0 Å². The van der Waals surface area contributed by atoms with Gasteiger partial charge in [0.2, 0.25) is 5.91 Å². The van der Waals surface area contributed by atoms with Gasteiger partial charge < -0.3 is 10.2 Å². The van der Waals surface area contributed by atoms with Gasteiger partial charge in [0.05, 0.1) is 11.6 Å². The zero-order chi connectivity index (χ0) is 12.3. The smallest absolute Gasteiger partial charge is 0.231 e. The van der Waals surface area contributed by atoms with Crippen LogP contribution in [-0.4, -0.2) is 26.0 Å². The summed E-state index contributed by atoms with van der Waals surface area (Å²) in [6.45, 7) is 1.83. The molecule has 1 aromatic carbocycles. The van der Waals surface area contributed by atoms with Crippen LogP contribution in [0.15, 0.2) is 28.7 Å². The Bertz CT molecular complexity index is 402. The summed E-state index contributed by atoms with van der Waals surface area (Å²) >= 11 is 3.48. The normalized spacial score (nSPS) is 20.0. The molecule has 2 rings (SSSR count). The summed E-state index contributed by atoms with van der Waals surface area (Å²) in [5, 5.41) is 3.28. The van der Waals surface area contributed by atoms with E-state index in [1.807, 2.05) is 31.3 Å². The standard InChI is InChI=1S/C13H17BrN2O/c1-16(12-7-3-2-6-11(12)14)13(17)10-5-4-8-15-9-10/h2-3,6-7,10,15H,4-5,8-9H2,1H3. The highest BCUT2D eigenvalue weighted by Gasteiger charge is 2.25. The maximum absolute atomic E-state index is 12.3. The van der Waals surface area contributed by atoms with Crippen LogP contribution in [0, 0.1) is 5.92 Å². The number of carbonyl (C=O) groups excluding carboxylic acids is 1. The Kier molecular flexibility index (Phi) is 4.18. The molecule has 1 unspecified atom stereocenters. The lowest BCUT2D eigenvalue weighted by molar-refractivity contribution is -0.122. The largest absolute Gasteiger partial charge is 0.316 e. The van der Waals surface area contributed by atoms with E-state index in [0.29, 0.717) is 0 Å². The highest BCUT2D eigenvalue weighted by atomic mass is 79.9. The number of carbonyl (C=O) groups is 1. The molecule has 4 heteroatoms. The van der Waals surface area contributed by atoms with E-state index < -0.39 is 0 Å². The minimum atomic E-state index is 0.112. The molecule has 0 aromatic heterocycles. The number of nitrogens with one attached hydrogen (secondary N) is 1. The number of hydrogen-bond donors (Lipinski definition) is 1. The minimum absolute atomic E-state index is 0.112. The Balaban J connectivity index is 2.11. The third kappa shape index (κ3) is 2.87. The van der Waals surface area contributed by atoms with Crippen molar-refractivity contribution in [3.63, 3.8) is 0 Å². The number of para-hydroxylation sites is 1. The van der Waals surface area contributed by atoms with Crippen LogP contribution in [0.1, 0.15) is 12.8 Å². The van der Waals surface area contributed by atoms with Gasteiger partial charge in [-0.05, 0) is 47.4 Å². The molecule has 0 radical (unpaired) electrons. The molecule has 1 fully saturated rings. The second kappa shape index (κ2) is 5.65. The van der Waals surface area contributed by atoms with Crippen molar-refractivity contribution in [1.82, 2.24) is 5.32 Å². The number of piperidine rings is 1. The molecule has 1 amide bonds. The molecule has 92 valence electrons. The van der Waals surface area contributed by atoms with E-state index in [9.17, 15) is 4.79 Å². The van der Waals surface area contributed by atoms with Gasteiger partial charge >= 0.3 is 0 Å². The molecule has 1 aromatic rings. The highest BCUT2D eigenvalue weighted by Crippen LogP contribution is 2.26. The molecule has 0 spiro atoms. The first-order chi connectivity index (χ1) is 8.20. The van der Waals surface area contributed by atoms with Crippen molar-refractivity contribution in [2.75, 3.05) is 25.0 Å². The summed E-state index contributed by atoms with van der Waals surface area (Å²) in [5.74, 6) is 0.310. The molecular weight excluding hydrogens is 280 g/mol. The van der Waals surface area contributed by atoms with E-state index in [1.54, 1.807) is 4.90 Å².